The highest BCUT2D eigenvalue weighted by Gasteiger charge is 2.25. The van der Waals surface area contributed by atoms with Crippen molar-refractivity contribution in [2.75, 3.05) is 18.1 Å². The van der Waals surface area contributed by atoms with Crippen LogP contribution in [0, 0.1) is 0 Å². The molecule has 0 aromatic heterocycles. The van der Waals surface area contributed by atoms with E-state index in [1.54, 1.807) is 0 Å². The zero-order valence-electron chi connectivity index (χ0n) is 13.3. The van der Waals surface area contributed by atoms with E-state index in [1.807, 2.05) is 60.7 Å². The summed E-state index contributed by atoms with van der Waals surface area (Å²) in [5.74, 6) is 0.675. The number of ether oxygens (including phenoxy) is 1. The molecule has 0 bridgehead atoms. The predicted octanol–water partition coefficient (Wildman–Crippen LogP) is 3.14. The van der Waals surface area contributed by atoms with Crippen LogP contribution < -0.4 is 5.32 Å². The fourth-order valence-corrected chi connectivity index (χ4v) is 4.58. The summed E-state index contributed by atoms with van der Waals surface area (Å²) in [6.45, 7) is 0.701. The second kappa shape index (κ2) is 7.59. The Morgan fingerprint density at radius 2 is 1.79 bits per heavy atom. The third-order valence-electron chi connectivity index (χ3n) is 3.89. The largest absolute Gasteiger partial charge is 0.443 e. The van der Waals surface area contributed by atoms with Gasteiger partial charge in [-0.15, -0.1) is 4.36 Å². The maximum atomic E-state index is 12.9. The fraction of sp³-hybridized carbons (Fsp3) is 0.278. The molecule has 1 saturated heterocycles. The lowest BCUT2D eigenvalue weighted by molar-refractivity contribution is 0.151. The molecular formula is C18H20N2O3S. The highest BCUT2D eigenvalue weighted by Crippen LogP contribution is 2.20. The monoisotopic (exact) mass is 344 g/mol. The van der Waals surface area contributed by atoms with Gasteiger partial charge in [0.25, 0.3) is 0 Å². The summed E-state index contributed by atoms with van der Waals surface area (Å²) in [4.78, 5) is 11.9. The smallest absolute Gasteiger partial charge is 0.442 e. The number of rotatable bonds is 3. The Morgan fingerprint density at radius 3 is 2.50 bits per heavy atom. The van der Waals surface area contributed by atoms with Crippen LogP contribution in [0.15, 0.2) is 65.0 Å². The minimum atomic E-state index is -2.60. The van der Waals surface area contributed by atoms with Crippen molar-refractivity contribution in [3.63, 3.8) is 0 Å². The van der Waals surface area contributed by atoms with E-state index in [9.17, 15) is 9.00 Å². The highest BCUT2D eigenvalue weighted by atomic mass is 32.2. The molecule has 1 aliphatic heterocycles. The molecule has 2 unspecified atom stereocenters. The van der Waals surface area contributed by atoms with Gasteiger partial charge in [-0.3, -0.25) is 0 Å². The number of carbonyl (C=O) groups excluding carboxylic acids is 1. The average molecular weight is 344 g/mol. The highest BCUT2D eigenvalue weighted by molar-refractivity contribution is 7.94. The van der Waals surface area contributed by atoms with Crippen LogP contribution in [-0.2, 0) is 21.1 Å². The van der Waals surface area contributed by atoms with Gasteiger partial charge < -0.3 is 10.1 Å². The third-order valence-corrected chi connectivity index (χ3v) is 6.06. The first-order valence-corrected chi connectivity index (χ1v) is 9.71. The predicted molar refractivity (Wildman–Crippen MR) is 94.1 cm³/mol. The van der Waals surface area contributed by atoms with Crippen LogP contribution in [0.4, 0.5) is 4.79 Å². The van der Waals surface area contributed by atoms with Crippen molar-refractivity contribution in [1.29, 1.82) is 0 Å². The molecule has 1 fully saturated rings. The van der Waals surface area contributed by atoms with E-state index in [2.05, 4.69) is 9.68 Å². The molecule has 0 aliphatic carbocycles. The van der Waals surface area contributed by atoms with Gasteiger partial charge in [-0.2, -0.15) is 0 Å². The second-order valence-corrected chi connectivity index (χ2v) is 8.16. The number of hydrogen-bond acceptors (Lipinski definition) is 4. The number of hydrogen-bond donors (Lipinski definition) is 1. The second-order valence-electron chi connectivity index (χ2n) is 5.69. The van der Waals surface area contributed by atoms with Crippen LogP contribution in [0.2, 0.25) is 0 Å². The van der Waals surface area contributed by atoms with E-state index in [0.717, 1.165) is 11.1 Å². The lowest BCUT2D eigenvalue weighted by atomic mass is 10.1. The molecule has 2 atom stereocenters. The number of nitrogens with one attached hydrogen (secondary N) is 1. The molecule has 6 heteroatoms. The Kier molecular flexibility index (Phi) is 5.27. The molecule has 0 saturated carbocycles. The summed E-state index contributed by atoms with van der Waals surface area (Å²) in [5.41, 5.74) is 1.93. The lowest BCUT2D eigenvalue weighted by Crippen LogP contribution is -2.39. The molecular weight excluding hydrogens is 324 g/mol. The Hall–Kier alpha value is -2.18. The van der Waals surface area contributed by atoms with Gasteiger partial charge >= 0.3 is 6.09 Å². The van der Waals surface area contributed by atoms with Crippen molar-refractivity contribution in [2.24, 2.45) is 4.36 Å². The number of carbonyl (C=O) groups is 1. The van der Waals surface area contributed by atoms with Crippen molar-refractivity contribution < 1.29 is 13.7 Å². The van der Waals surface area contributed by atoms with Crippen molar-refractivity contribution in [1.82, 2.24) is 5.32 Å². The van der Waals surface area contributed by atoms with Gasteiger partial charge in [-0.25, -0.2) is 9.00 Å². The first-order valence-electron chi connectivity index (χ1n) is 7.86. The lowest BCUT2D eigenvalue weighted by Gasteiger charge is -2.26. The van der Waals surface area contributed by atoms with Gasteiger partial charge in [0.15, 0.2) is 0 Å². The van der Waals surface area contributed by atoms with E-state index in [1.165, 1.54) is 0 Å². The summed E-state index contributed by atoms with van der Waals surface area (Å²) in [5, 5.41) is 3.33. The molecule has 1 N–H and O–H groups in total. The summed E-state index contributed by atoms with van der Waals surface area (Å²) in [6, 6.07) is 19.1. The molecule has 2 aromatic carbocycles. The minimum Gasteiger partial charge on any atom is -0.443 e. The topological polar surface area (TPSA) is 67.8 Å². The molecule has 1 aliphatic rings. The number of nitrogens with zero attached hydrogens (tertiary/aromatic N) is 1. The van der Waals surface area contributed by atoms with E-state index in [-0.39, 0.29) is 12.6 Å². The first kappa shape index (κ1) is 16.7. The van der Waals surface area contributed by atoms with Crippen molar-refractivity contribution in [3.8, 4) is 0 Å². The summed E-state index contributed by atoms with van der Waals surface area (Å²) < 4.78 is 21.9. The van der Waals surface area contributed by atoms with E-state index in [0.29, 0.717) is 18.1 Å². The minimum absolute atomic E-state index is 0.0573. The molecule has 2 aromatic rings. The fourth-order valence-electron chi connectivity index (χ4n) is 2.66. The number of benzene rings is 2. The molecule has 24 heavy (non-hydrogen) atoms. The van der Waals surface area contributed by atoms with Crippen LogP contribution in [0.1, 0.15) is 17.2 Å². The van der Waals surface area contributed by atoms with Crippen molar-refractivity contribution in [3.05, 3.63) is 71.8 Å². The van der Waals surface area contributed by atoms with Crippen molar-refractivity contribution >= 4 is 15.8 Å². The molecule has 1 amide bonds. The summed E-state index contributed by atoms with van der Waals surface area (Å²) in [6.07, 6.45) is -0.752. The Labute approximate surface area is 142 Å². The van der Waals surface area contributed by atoms with E-state index in [4.69, 9.17) is 4.74 Å². The van der Waals surface area contributed by atoms with Crippen LogP contribution in [0.3, 0.4) is 0 Å². The van der Waals surface area contributed by atoms with Gasteiger partial charge in [-0.05, 0) is 11.1 Å². The van der Waals surface area contributed by atoms with Crippen LogP contribution in [0.25, 0.3) is 0 Å². The molecule has 126 valence electrons. The maximum Gasteiger partial charge on any atom is 0.442 e. The molecule has 3 rings (SSSR count). The average Bonchev–Trinajstić information content (AvgIpc) is 2.61. The summed E-state index contributed by atoms with van der Waals surface area (Å²) >= 11 is 0. The van der Waals surface area contributed by atoms with Gasteiger partial charge in [0.1, 0.15) is 6.61 Å². The number of amides is 1. The molecule has 0 radical (unpaired) electrons. The van der Waals surface area contributed by atoms with Gasteiger partial charge in [0, 0.05) is 18.3 Å². The first-order chi connectivity index (χ1) is 11.6. The Balaban J connectivity index is 1.66. The van der Waals surface area contributed by atoms with Gasteiger partial charge in [0.2, 0.25) is 0 Å². The van der Waals surface area contributed by atoms with E-state index >= 15 is 0 Å². The third kappa shape index (κ3) is 4.43. The normalized spacial score (nSPS) is 23.4. The van der Waals surface area contributed by atoms with Crippen LogP contribution >= 0.6 is 0 Å². The molecule has 5 nitrogen and oxygen atoms in total. The van der Waals surface area contributed by atoms with Gasteiger partial charge in [0.05, 0.1) is 15.5 Å². The summed E-state index contributed by atoms with van der Waals surface area (Å²) in [7, 11) is -2.60. The van der Waals surface area contributed by atoms with Crippen molar-refractivity contribution in [2.45, 2.75) is 12.6 Å². The Morgan fingerprint density at radius 1 is 1.12 bits per heavy atom. The Bertz CT molecular complexity index is 800. The molecule has 0 spiro atoms. The van der Waals surface area contributed by atoms with E-state index < -0.39 is 15.8 Å². The zero-order valence-corrected chi connectivity index (χ0v) is 14.1. The maximum absolute atomic E-state index is 12.9. The van der Waals surface area contributed by atoms with Gasteiger partial charge in [-0.1, -0.05) is 60.7 Å². The quantitative estimate of drug-likeness (QED) is 0.929. The van der Waals surface area contributed by atoms with Crippen LogP contribution in [0.5, 0.6) is 0 Å². The standard InChI is InChI=1S/C18H20N2O3S/c21-18(23-13-15-7-3-1-4-8-15)20-24(22)12-11-19-17(14-24)16-9-5-2-6-10-16/h1-10,17,19H,11-14H2. The SMILES string of the molecule is O=C(N=S1(=O)CCNC(c2ccccc2)C1)OCc1ccccc1. The zero-order chi connectivity index (χ0) is 16.8. The molecule has 1 heterocycles. The van der Waals surface area contributed by atoms with Crippen LogP contribution in [-0.4, -0.2) is 28.4 Å².